The molecule has 0 heterocycles. The molecule has 0 radical (unpaired) electrons. The summed E-state index contributed by atoms with van der Waals surface area (Å²) in [6.07, 6.45) is 0. The zero-order chi connectivity index (χ0) is 12.8. The summed E-state index contributed by atoms with van der Waals surface area (Å²) in [4.78, 5) is 21.8. The Morgan fingerprint density at radius 1 is 1.35 bits per heavy atom. The van der Waals surface area contributed by atoms with E-state index in [9.17, 15) is 9.59 Å². The topological polar surface area (TPSA) is 63.6 Å². The number of hydrogen-bond acceptors (Lipinski definition) is 4. The van der Waals surface area contributed by atoms with Crippen LogP contribution in [-0.4, -0.2) is 29.4 Å². The Kier molecular flexibility index (Phi) is 5.03. The number of aliphatic carboxylic acids is 1. The van der Waals surface area contributed by atoms with Gasteiger partial charge < -0.3 is 9.84 Å². The number of carbonyl (C=O) groups excluding carboxylic acids is 1. The average molecular weight is 254 g/mol. The quantitative estimate of drug-likeness (QED) is 0.816. The van der Waals surface area contributed by atoms with Crippen molar-refractivity contribution >= 4 is 23.7 Å². The van der Waals surface area contributed by atoms with Crippen molar-refractivity contribution in [1.29, 1.82) is 0 Å². The first-order valence-corrected chi connectivity index (χ1v) is 6.11. The fraction of sp³-hybridized carbons (Fsp3) is 0.333. The molecule has 1 atom stereocenters. The Morgan fingerprint density at radius 3 is 2.41 bits per heavy atom. The molecule has 4 nitrogen and oxygen atoms in total. The molecule has 0 aliphatic heterocycles. The van der Waals surface area contributed by atoms with Crippen LogP contribution in [0.3, 0.4) is 0 Å². The lowest BCUT2D eigenvalue weighted by molar-refractivity contribution is -0.136. The zero-order valence-corrected chi connectivity index (χ0v) is 10.5. The number of methoxy groups -OCH3 is 1. The molecule has 1 N–H and O–H groups in total. The fourth-order valence-electron chi connectivity index (χ4n) is 1.15. The van der Waals surface area contributed by atoms with Gasteiger partial charge in [-0.2, -0.15) is 0 Å². The number of carboxylic acid groups (broad SMARTS) is 1. The molecule has 0 fully saturated rings. The van der Waals surface area contributed by atoms with Crippen LogP contribution >= 0.6 is 11.8 Å². The van der Waals surface area contributed by atoms with E-state index in [0.29, 0.717) is 11.3 Å². The Bertz CT molecular complexity index is 399. The Labute approximate surface area is 104 Å². The van der Waals surface area contributed by atoms with Gasteiger partial charge in [0.2, 0.25) is 0 Å². The first kappa shape index (κ1) is 13.6. The van der Waals surface area contributed by atoms with Gasteiger partial charge in [0.25, 0.3) is 0 Å². The lowest BCUT2D eigenvalue weighted by atomic mass is 10.1. The van der Waals surface area contributed by atoms with Gasteiger partial charge in [-0.15, -0.1) is 11.8 Å². The molecule has 0 amide bonds. The molecule has 0 aliphatic rings. The highest BCUT2D eigenvalue weighted by atomic mass is 32.2. The molecule has 92 valence electrons. The van der Waals surface area contributed by atoms with Crippen molar-refractivity contribution in [3.8, 4) is 0 Å². The predicted octanol–water partition coefficient (Wildman–Crippen LogP) is 2.18. The average Bonchev–Trinajstić information content (AvgIpc) is 2.35. The van der Waals surface area contributed by atoms with E-state index >= 15 is 0 Å². The molecule has 1 rings (SSSR count). The molecule has 17 heavy (non-hydrogen) atoms. The summed E-state index contributed by atoms with van der Waals surface area (Å²) < 4.78 is 4.58. The van der Waals surface area contributed by atoms with Crippen LogP contribution in [0, 0.1) is 0 Å². The monoisotopic (exact) mass is 254 g/mol. The first-order valence-electron chi connectivity index (χ1n) is 5.06. The molecule has 0 unspecified atom stereocenters. The van der Waals surface area contributed by atoms with Crippen LogP contribution in [0.5, 0.6) is 0 Å². The molecule has 0 bridgehead atoms. The number of carboxylic acids is 1. The van der Waals surface area contributed by atoms with E-state index in [4.69, 9.17) is 5.11 Å². The largest absolute Gasteiger partial charge is 0.480 e. The fourth-order valence-corrected chi connectivity index (χ4v) is 1.92. The molecule has 5 heteroatoms. The predicted molar refractivity (Wildman–Crippen MR) is 66.2 cm³/mol. The molecule has 1 aromatic carbocycles. The van der Waals surface area contributed by atoms with E-state index in [1.165, 1.54) is 18.9 Å². The lowest BCUT2D eigenvalue weighted by Crippen LogP contribution is -2.11. The molecule has 0 saturated carbocycles. The highest BCUT2D eigenvalue weighted by Gasteiger charge is 2.11. The van der Waals surface area contributed by atoms with Crippen molar-refractivity contribution < 1.29 is 19.4 Å². The van der Waals surface area contributed by atoms with Crippen molar-refractivity contribution in [3.05, 3.63) is 35.4 Å². The minimum absolute atomic E-state index is 0.372. The number of hydrogen-bond donors (Lipinski definition) is 1. The zero-order valence-electron chi connectivity index (χ0n) is 9.67. The maximum atomic E-state index is 11.2. The van der Waals surface area contributed by atoms with Crippen LogP contribution < -0.4 is 0 Å². The Hall–Kier alpha value is -1.49. The van der Waals surface area contributed by atoms with Gasteiger partial charge >= 0.3 is 11.9 Å². The van der Waals surface area contributed by atoms with Gasteiger partial charge in [0.15, 0.2) is 0 Å². The maximum Gasteiger partial charge on any atom is 0.337 e. The second-order valence-corrected chi connectivity index (χ2v) is 4.81. The van der Waals surface area contributed by atoms with Gasteiger partial charge in [-0.1, -0.05) is 12.1 Å². The number of carbonyl (C=O) groups is 2. The minimum Gasteiger partial charge on any atom is -0.480 e. The standard InChI is InChI=1S/C12H14O4S/c1-8(11(13)14)17-7-9-3-5-10(6-4-9)12(15)16-2/h3-6,8H,7H2,1-2H3,(H,13,14)/t8-/m0/s1. The van der Waals surface area contributed by atoms with Crippen LogP contribution in [-0.2, 0) is 15.3 Å². The van der Waals surface area contributed by atoms with Gasteiger partial charge in [0.05, 0.1) is 17.9 Å². The molecular weight excluding hydrogens is 240 g/mol. The number of ether oxygens (including phenoxy) is 1. The van der Waals surface area contributed by atoms with Crippen LogP contribution in [0.1, 0.15) is 22.8 Å². The van der Waals surface area contributed by atoms with Gasteiger partial charge in [0, 0.05) is 5.75 Å². The summed E-state index contributed by atoms with van der Waals surface area (Å²) in [5, 5.41) is 8.29. The third-order valence-corrected chi connectivity index (χ3v) is 3.42. The van der Waals surface area contributed by atoms with E-state index in [1.54, 1.807) is 31.2 Å². The molecule has 0 saturated heterocycles. The lowest BCUT2D eigenvalue weighted by Gasteiger charge is -2.06. The van der Waals surface area contributed by atoms with Crippen molar-refractivity contribution in [2.24, 2.45) is 0 Å². The number of esters is 1. The van der Waals surface area contributed by atoms with E-state index in [-0.39, 0.29) is 5.97 Å². The van der Waals surface area contributed by atoms with Crippen molar-refractivity contribution in [2.75, 3.05) is 7.11 Å². The van der Waals surface area contributed by atoms with E-state index in [0.717, 1.165) is 5.56 Å². The molecule has 1 aromatic rings. The van der Waals surface area contributed by atoms with Gasteiger partial charge in [-0.05, 0) is 24.6 Å². The molecule has 0 aromatic heterocycles. The van der Waals surface area contributed by atoms with Crippen LogP contribution in [0.25, 0.3) is 0 Å². The summed E-state index contributed by atoms with van der Waals surface area (Å²) >= 11 is 1.34. The van der Waals surface area contributed by atoms with Crippen LogP contribution in [0.15, 0.2) is 24.3 Å². The third-order valence-electron chi connectivity index (χ3n) is 2.22. The van der Waals surface area contributed by atoms with E-state index < -0.39 is 11.2 Å². The second-order valence-electron chi connectivity index (χ2n) is 3.48. The Morgan fingerprint density at radius 2 is 1.94 bits per heavy atom. The van der Waals surface area contributed by atoms with E-state index in [2.05, 4.69) is 4.74 Å². The van der Waals surface area contributed by atoms with Crippen molar-refractivity contribution in [2.45, 2.75) is 17.9 Å². The minimum atomic E-state index is -0.818. The molecule has 0 spiro atoms. The van der Waals surface area contributed by atoms with E-state index in [1.807, 2.05) is 0 Å². The number of benzene rings is 1. The molecule has 0 aliphatic carbocycles. The second kappa shape index (κ2) is 6.30. The molecular formula is C12H14O4S. The maximum absolute atomic E-state index is 11.2. The van der Waals surface area contributed by atoms with Gasteiger partial charge in [-0.25, -0.2) is 4.79 Å². The summed E-state index contributed by atoms with van der Waals surface area (Å²) in [7, 11) is 1.33. The van der Waals surface area contributed by atoms with Gasteiger partial charge in [-0.3, -0.25) is 4.79 Å². The summed E-state index contributed by atoms with van der Waals surface area (Å²) in [6, 6.07) is 6.95. The summed E-state index contributed by atoms with van der Waals surface area (Å²) in [5.74, 6) is -0.584. The summed E-state index contributed by atoms with van der Waals surface area (Å²) in [5.41, 5.74) is 1.48. The summed E-state index contributed by atoms with van der Waals surface area (Å²) in [6.45, 7) is 1.65. The number of rotatable bonds is 5. The van der Waals surface area contributed by atoms with Crippen LogP contribution in [0.4, 0.5) is 0 Å². The highest BCUT2D eigenvalue weighted by molar-refractivity contribution is 7.99. The normalized spacial score (nSPS) is 11.9. The third kappa shape index (κ3) is 4.11. The highest BCUT2D eigenvalue weighted by Crippen LogP contribution is 2.18. The smallest absolute Gasteiger partial charge is 0.337 e. The van der Waals surface area contributed by atoms with Crippen molar-refractivity contribution in [3.63, 3.8) is 0 Å². The number of thioether (sulfide) groups is 1. The first-order chi connectivity index (χ1) is 8.04. The Balaban J connectivity index is 2.57. The van der Waals surface area contributed by atoms with Gasteiger partial charge in [0.1, 0.15) is 0 Å². The SMILES string of the molecule is COC(=O)c1ccc(CS[C@@H](C)C(=O)O)cc1. The van der Waals surface area contributed by atoms with Crippen LogP contribution in [0.2, 0.25) is 0 Å². The van der Waals surface area contributed by atoms with Crippen molar-refractivity contribution in [1.82, 2.24) is 0 Å².